The summed E-state index contributed by atoms with van der Waals surface area (Å²) in [6.07, 6.45) is 0. The molecule has 0 spiro atoms. The van der Waals surface area contributed by atoms with Gasteiger partial charge in [-0.25, -0.2) is 14.7 Å². The summed E-state index contributed by atoms with van der Waals surface area (Å²) in [5.74, 6) is 1.29. The number of thiocarbonyl (C=S) groups is 1. The molecule has 0 saturated carbocycles. The van der Waals surface area contributed by atoms with Crippen molar-refractivity contribution in [1.29, 1.82) is 0 Å². The number of carbonyl (C=O) groups excluding carboxylic acids is 2. The molecule has 3 heterocycles. The molecule has 3 amide bonds. The molecule has 1 unspecified atom stereocenters. The molecular weight excluding hydrogens is 368 g/mol. The van der Waals surface area contributed by atoms with Crippen molar-refractivity contribution in [1.82, 2.24) is 14.7 Å². The van der Waals surface area contributed by atoms with Crippen LogP contribution in [0.15, 0.2) is 12.1 Å². The zero-order valence-electron chi connectivity index (χ0n) is 13.4. The van der Waals surface area contributed by atoms with Gasteiger partial charge >= 0.3 is 6.03 Å². The molecule has 0 bridgehead atoms. The predicted molar refractivity (Wildman–Crippen MR) is 91.4 cm³/mol. The van der Waals surface area contributed by atoms with Crippen LogP contribution in [0.5, 0.6) is 11.5 Å². The van der Waals surface area contributed by atoms with Crippen molar-refractivity contribution in [2.45, 2.75) is 12.6 Å². The molecule has 25 heavy (non-hydrogen) atoms. The molecule has 3 aliphatic rings. The van der Waals surface area contributed by atoms with Gasteiger partial charge in [-0.15, -0.1) is 0 Å². The number of amides is 3. The molecule has 1 aromatic carbocycles. The van der Waals surface area contributed by atoms with Crippen LogP contribution in [0.2, 0.25) is 5.02 Å². The molecule has 10 heteroatoms. The Morgan fingerprint density at radius 2 is 1.92 bits per heavy atom. The maximum atomic E-state index is 12.6. The Morgan fingerprint density at radius 1 is 1.24 bits per heavy atom. The van der Waals surface area contributed by atoms with Crippen LogP contribution in [0.1, 0.15) is 5.56 Å². The summed E-state index contributed by atoms with van der Waals surface area (Å²) in [6, 6.07) is 2.36. The second-order valence-corrected chi connectivity index (χ2v) is 6.68. The van der Waals surface area contributed by atoms with Gasteiger partial charge in [0.15, 0.2) is 11.5 Å². The quantitative estimate of drug-likeness (QED) is 0.699. The van der Waals surface area contributed by atoms with Crippen LogP contribution < -0.4 is 14.5 Å². The lowest BCUT2D eigenvalue weighted by atomic mass is 10.1. The molecule has 1 fully saturated rings. The topological polar surface area (TPSA) is 76.3 Å². The minimum Gasteiger partial charge on any atom is -0.454 e. The molecule has 1 N–H and O–H groups in total. The smallest absolute Gasteiger partial charge is 0.388 e. The first-order valence-corrected chi connectivity index (χ1v) is 8.25. The van der Waals surface area contributed by atoms with E-state index in [1.165, 1.54) is 11.9 Å². The first kappa shape index (κ1) is 16.1. The summed E-state index contributed by atoms with van der Waals surface area (Å²) in [6.45, 7) is 0.437. The maximum Gasteiger partial charge on any atom is 0.388 e. The predicted octanol–water partition coefficient (Wildman–Crippen LogP) is -0.459. The minimum absolute atomic E-state index is 0.148. The van der Waals surface area contributed by atoms with Gasteiger partial charge in [0.25, 0.3) is 16.9 Å². The van der Waals surface area contributed by atoms with E-state index in [2.05, 4.69) is 4.99 Å². The van der Waals surface area contributed by atoms with Crippen molar-refractivity contribution < 1.29 is 24.1 Å². The molecule has 1 saturated heterocycles. The van der Waals surface area contributed by atoms with Gasteiger partial charge in [0.05, 0.1) is 18.6 Å². The van der Waals surface area contributed by atoms with E-state index in [-0.39, 0.29) is 19.2 Å². The number of ether oxygens (including phenoxy) is 2. The number of fused-ring (bicyclic) bond motifs is 2. The van der Waals surface area contributed by atoms with E-state index in [0.717, 1.165) is 10.5 Å². The van der Waals surface area contributed by atoms with Crippen LogP contribution in [-0.4, -0.2) is 64.5 Å². The normalized spacial score (nSPS) is 21.9. The summed E-state index contributed by atoms with van der Waals surface area (Å²) in [5.41, 5.74) is 0.742. The highest BCUT2D eigenvalue weighted by Crippen LogP contribution is 2.37. The van der Waals surface area contributed by atoms with Gasteiger partial charge in [-0.1, -0.05) is 11.6 Å². The lowest BCUT2D eigenvalue weighted by Gasteiger charge is -2.31. The number of likely N-dealkylation sites (N-methyl/N-ethyl adjacent to an activating group) is 2. The van der Waals surface area contributed by atoms with Gasteiger partial charge in [0.2, 0.25) is 12.8 Å². The van der Waals surface area contributed by atoms with E-state index in [0.29, 0.717) is 27.5 Å². The van der Waals surface area contributed by atoms with Crippen molar-refractivity contribution in [3.05, 3.63) is 22.7 Å². The Hall–Kier alpha value is -2.39. The minimum atomic E-state index is -0.693. The fourth-order valence-electron chi connectivity index (χ4n) is 3.06. The third-order valence-electron chi connectivity index (χ3n) is 4.45. The second kappa shape index (κ2) is 5.57. The van der Waals surface area contributed by atoms with Crippen molar-refractivity contribution in [3.63, 3.8) is 0 Å². The SMILES string of the molecule is CN1C(=O)C2C(=[NH+]C(=S)N2Cc2cc3c(cc2Cl)OCO3)N(C)C1=O. The Balaban J connectivity index is 1.67. The zero-order chi connectivity index (χ0) is 17.9. The van der Waals surface area contributed by atoms with Crippen molar-refractivity contribution in [2.75, 3.05) is 20.9 Å². The van der Waals surface area contributed by atoms with Crippen molar-refractivity contribution in [3.8, 4) is 11.5 Å². The van der Waals surface area contributed by atoms with Crippen LogP contribution in [0.3, 0.4) is 0 Å². The number of imide groups is 1. The van der Waals surface area contributed by atoms with E-state index in [9.17, 15) is 9.59 Å². The number of benzene rings is 1. The Labute approximate surface area is 153 Å². The number of hydrogen-bond acceptors (Lipinski definition) is 5. The Morgan fingerprint density at radius 3 is 2.64 bits per heavy atom. The number of amidine groups is 1. The van der Waals surface area contributed by atoms with E-state index in [4.69, 9.17) is 33.3 Å². The third-order valence-corrected chi connectivity index (χ3v) is 5.14. The standard InChI is InChI=1S/C15H13ClN4O4S/c1-18-12-11(13(21)19(2)15(18)22)20(14(25)17-12)5-7-3-9-10(4-8(7)16)24-6-23-9/h3-4,11H,5-6H2,1-2H3/p+1. The van der Waals surface area contributed by atoms with Crippen molar-refractivity contribution >= 4 is 46.7 Å². The van der Waals surface area contributed by atoms with Crippen molar-refractivity contribution in [2.24, 2.45) is 0 Å². The summed E-state index contributed by atoms with van der Waals surface area (Å²) in [4.78, 5) is 31.8. The molecule has 130 valence electrons. The number of nitrogens with zero attached hydrogens (tertiary/aromatic N) is 3. The molecule has 1 atom stereocenters. The molecule has 3 aliphatic heterocycles. The average Bonchev–Trinajstić information content (AvgIpc) is 3.16. The monoisotopic (exact) mass is 381 g/mol. The average molecular weight is 382 g/mol. The lowest BCUT2D eigenvalue weighted by Crippen LogP contribution is -2.79. The Bertz CT molecular complexity index is 858. The summed E-state index contributed by atoms with van der Waals surface area (Å²) < 4.78 is 10.7. The van der Waals surface area contributed by atoms with Gasteiger partial charge in [0, 0.05) is 18.7 Å². The zero-order valence-corrected chi connectivity index (χ0v) is 15.0. The van der Waals surface area contributed by atoms with E-state index >= 15 is 0 Å². The third kappa shape index (κ3) is 2.34. The van der Waals surface area contributed by atoms with Crippen LogP contribution in [-0.2, 0) is 11.3 Å². The first-order chi connectivity index (χ1) is 11.9. The van der Waals surface area contributed by atoms with Gasteiger partial charge in [-0.2, -0.15) is 0 Å². The molecule has 0 aliphatic carbocycles. The van der Waals surface area contributed by atoms with Gasteiger partial charge in [-0.3, -0.25) is 14.6 Å². The van der Waals surface area contributed by atoms with Crippen LogP contribution in [0, 0.1) is 0 Å². The molecule has 0 aromatic heterocycles. The number of hydrogen-bond donors (Lipinski definition) is 1. The highest BCUT2D eigenvalue weighted by atomic mass is 35.5. The number of halogens is 1. The van der Waals surface area contributed by atoms with Crippen LogP contribution in [0.4, 0.5) is 4.79 Å². The van der Waals surface area contributed by atoms with E-state index in [1.807, 2.05) is 0 Å². The number of rotatable bonds is 2. The molecule has 4 rings (SSSR count). The first-order valence-electron chi connectivity index (χ1n) is 7.46. The number of nitrogens with one attached hydrogen (secondary N) is 1. The highest BCUT2D eigenvalue weighted by molar-refractivity contribution is 7.79. The largest absolute Gasteiger partial charge is 0.454 e. The van der Waals surface area contributed by atoms with E-state index < -0.39 is 12.1 Å². The molecular formula is C15H14ClN4O4S+. The van der Waals surface area contributed by atoms with Gasteiger partial charge in [0.1, 0.15) is 0 Å². The fraction of sp³-hybridized carbons (Fsp3) is 0.333. The van der Waals surface area contributed by atoms with E-state index in [1.54, 1.807) is 24.1 Å². The Kier molecular flexibility index (Phi) is 3.58. The number of carbonyl (C=O) groups is 2. The second-order valence-electron chi connectivity index (χ2n) is 5.88. The van der Waals surface area contributed by atoms with Crippen LogP contribution >= 0.6 is 23.8 Å². The molecule has 0 radical (unpaired) electrons. The summed E-state index contributed by atoms with van der Waals surface area (Å²) >= 11 is 11.7. The summed E-state index contributed by atoms with van der Waals surface area (Å²) in [5, 5.41) is 0.846. The maximum absolute atomic E-state index is 12.6. The highest BCUT2D eigenvalue weighted by Gasteiger charge is 2.54. The lowest BCUT2D eigenvalue weighted by molar-refractivity contribution is -0.320. The summed E-state index contributed by atoms with van der Waals surface area (Å²) in [7, 11) is 3.05. The molecule has 1 aromatic rings. The fourth-order valence-corrected chi connectivity index (χ4v) is 3.55. The van der Waals surface area contributed by atoms with Gasteiger partial charge < -0.3 is 9.47 Å². The molecule has 8 nitrogen and oxygen atoms in total. The van der Waals surface area contributed by atoms with Gasteiger partial charge in [-0.05, 0) is 18.3 Å². The van der Waals surface area contributed by atoms with Crippen LogP contribution in [0.25, 0.3) is 0 Å². The number of urea groups is 1.